The number of alkyl halides is 3. The zero-order valence-electron chi connectivity index (χ0n) is 21.8. The predicted octanol–water partition coefficient (Wildman–Crippen LogP) is 4.71. The summed E-state index contributed by atoms with van der Waals surface area (Å²) >= 11 is 0. The number of aliphatic imine (C=N–C) groups is 1. The number of hydrogen-bond acceptors (Lipinski definition) is 7. The van der Waals surface area contributed by atoms with E-state index in [1.54, 1.807) is 7.11 Å². The molecular weight excluding hydrogens is 543 g/mol. The molecule has 0 aromatic heterocycles. The number of hydrogen-bond donors (Lipinski definition) is 3. The number of aliphatic carboxylic acids is 2. The summed E-state index contributed by atoms with van der Waals surface area (Å²) in [6.07, 6.45) is -4.40. The molecule has 1 fully saturated rings. The number of likely N-dealkylation sites (N-methyl/N-ethyl adjacent to an activating group) is 1. The molecule has 0 amide bonds. The average Bonchev–Trinajstić information content (AvgIpc) is 3.03. The van der Waals surface area contributed by atoms with Crippen LogP contribution in [0.15, 0.2) is 35.3 Å². The second-order valence-electron chi connectivity index (χ2n) is 9.25. The zero-order valence-corrected chi connectivity index (χ0v) is 21.8. The number of rotatable bonds is 6. The SMILES string of the molecule is COCC[C@H]1CN(C2=Nc3cc(F)c(F)cc3Nc3ccc(C(F)(F)F)cc32)CCN1C.O=C(O)CCC(=O)O. The van der Waals surface area contributed by atoms with E-state index in [4.69, 9.17) is 14.9 Å². The van der Waals surface area contributed by atoms with Gasteiger partial charge in [-0.25, -0.2) is 13.8 Å². The lowest BCUT2D eigenvalue weighted by Crippen LogP contribution is -2.53. The molecule has 2 aromatic rings. The first-order chi connectivity index (χ1) is 18.8. The number of benzene rings is 2. The summed E-state index contributed by atoms with van der Waals surface area (Å²) < 4.78 is 73.4. The minimum atomic E-state index is -4.54. The maximum absolute atomic E-state index is 14.0. The Morgan fingerprint density at radius 3 is 2.30 bits per heavy atom. The molecule has 218 valence electrons. The van der Waals surface area contributed by atoms with Crippen molar-refractivity contribution in [1.29, 1.82) is 0 Å². The summed E-state index contributed by atoms with van der Waals surface area (Å²) in [6, 6.07) is 5.29. The molecule has 2 aliphatic rings. The second kappa shape index (κ2) is 13.0. The molecule has 1 atom stereocenters. The molecule has 0 radical (unpaired) electrons. The molecular formula is C26H29F5N4O5. The standard InChI is InChI=1S/C22H23F5N4O.C4H6O4/c1-30-6-7-31(12-14(30)5-8-32-2)21-15-9-13(22(25,26)27)3-4-18(15)28-19-10-16(23)17(24)11-20(19)29-21;5-3(6)1-2-4(7)8/h3-4,9-11,14,28H,5-8,12H2,1-2H3;1-2H2,(H,5,6)(H,7,8)/t14-;/m0./s1. The zero-order chi connectivity index (χ0) is 29.6. The van der Waals surface area contributed by atoms with E-state index < -0.39 is 35.3 Å². The van der Waals surface area contributed by atoms with Gasteiger partial charge >= 0.3 is 18.1 Å². The number of piperazine rings is 1. The number of ether oxygens (including phenoxy) is 1. The van der Waals surface area contributed by atoms with E-state index in [2.05, 4.69) is 15.2 Å². The lowest BCUT2D eigenvalue weighted by Gasteiger charge is -2.41. The number of halogens is 5. The Kier molecular flexibility index (Phi) is 10.0. The second-order valence-corrected chi connectivity index (χ2v) is 9.25. The molecule has 1 saturated heterocycles. The van der Waals surface area contributed by atoms with Crippen LogP contribution in [0.2, 0.25) is 0 Å². The highest BCUT2D eigenvalue weighted by Crippen LogP contribution is 2.39. The van der Waals surface area contributed by atoms with Crippen molar-refractivity contribution < 1.29 is 46.5 Å². The van der Waals surface area contributed by atoms with E-state index in [0.29, 0.717) is 37.8 Å². The van der Waals surface area contributed by atoms with Gasteiger partial charge in [0.05, 0.1) is 29.8 Å². The molecule has 0 bridgehead atoms. The molecule has 0 saturated carbocycles. The molecule has 2 aromatic carbocycles. The van der Waals surface area contributed by atoms with Crippen molar-refractivity contribution in [2.45, 2.75) is 31.5 Å². The summed E-state index contributed by atoms with van der Waals surface area (Å²) in [5, 5.41) is 18.7. The van der Waals surface area contributed by atoms with Crippen molar-refractivity contribution in [3.63, 3.8) is 0 Å². The van der Waals surface area contributed by atoms with Crippen LogP contribution in [-0.4, -0.2) is 84.2 Å². The van der Waals surface area contributed by atoms with Gasteiger partial charge < -0.3 is 25.2 Å². The fourth-order valence-electron chi connectivity index (χ4n) is 4.22. The maximum Gasteiger partial charge on any atom is 0.416 e. The first kappa shape index (κ1) is 30.8. The van der Waals surface area contributed by atoms with Gasteiger partial charge in [-0.3, -0.25) is 14.5 Å². The van der Waals surface area contributed by atoms with Gasteiger partial charge in [-0.1, -0.05) is 0 Å². The molecule has 0 spiro atoms. The van der Waals surface area contributed by atoms with Crippen molar-refractivity contribution in [2.75, 3.05) is 45.7 Å². The van der Waals surface area contributed by atoms with Gasteiger partial charge in [-0.15, -0.1) is 0 Å². The lowest BCUT2D eigenvalue weighted by atomic mass is 10.0. The van der Waals surface area contributed by atoms with E-state index >= 15 is 0 Å². The highest BCUT2D eigenvalue weighted by molar-refractivity contribution is 6.08. The summed E-state index contributed by atoms with van der Waals surface area (Å²) in [5.74, 6) is -4.01. The van der Waals surface area contributed by atoms with Crippen LogP contribution in [0.4, 0.5) is 39.0 Å². The Labute approximate surface area is 226 Å². The normalized spacial score (nSPS) is 16.9. The van der Waals surface area contributed by atoms with E-state index in [1.807, 2.05) is 11.9 Å². The molecule has 9 nitrogen and oxygen atoms in total. The monoisotopic (exact) mass is 572 g/mol. The Bertz CT molecular complexity index is 1260. The van der Waals surface area contributed by atoms with Gasteiger partial charge in [-0.2, -0.15) is 13.2 Å². The number of anilines is 2. The Balaban J connectivity index is 0.000000482. The number of carboxylic acids is 2. The van der Waals surface area contributed by atoms with Gasteiger partial charge in [0.2, 0.25) is 0 Å². The number of fused-ring (bicyclic) bond motifs is 2. The number of amidine groups is 1. The van der Waals surface area contributed by atoms with Crippen molar-refractivity contribution >= 4 is 34.8 Å². The first-order valence-corrected chi connectivity index (χ1v) is 12.2. The van der Waals surface area contributed by atoms with E-state index in [9.17, 15) is 31.5 Å². The summed E-state index contributed by atoms with van der Waals surface area (Å²) in [7, 11) is 3.60. The van der Waals surface area contributed by atoms with Crippen LogP contribution >= 0.6 is 0 Å². The number of nitrogens with zero attached hydrogens (tertiary/aromatic N) is 3. The molecule has 4 rings (SSSR count). The molecule has 0 unspecified atom stereocenters. The van der Waals surface area contributed by atoms with E-state index in [0.717, 1.165) is 30.7 Å². The first-order valence-electron chi connectivity index (χ1n) is 12.2. The Hall–Kier alpha value is -3.78. The van der Waals surface area contributed by atoms with Crippen molar-refractivity contribution in [2.24, 2.45) is 4.99 Å². The Morgan fingerprint density at radius 1 is 1.05 bits per heavy atom. The lowest BCUT2D eigenvalue weighted by molar-refractivity contribution is -0.143. The molecule has 2 aliphatic heterocycles. The minimum Gasteiger partial charge on any atom is -0.481 e. The molecule has 40 heavy (non-hydrogen) atoms. The fraction of sp³-hybridized carbons (Fsp3) is 0.423. The summed E-state index contributed by atoms with van der Waals surface area (Å²) in [4.78, 5) is 27.9. The third-order valence-corrected chi connectivity index (χ3v) is 6.41. The minimum absolute atomic E-state index is 0.0984. The van der Waals surface area contributed by atoms with Crippen molar-refractivity contribution in [3.8, 4) is 0 Å². The maximum atomic E-state index is 14.0. The van der Waals surface area contributed by atoms with Gasteiger partial charge in [0, 0.05) is 62.8 Å². The number of carbonyl (C=O) groups is 2. The third-order valence-electron chi connectivity index (χ3n) is 6.41. The van der Waals surface area contributed by atoms with Crippen molar-refractivity contribution in [1.82, 2.24) is 9.80 Å². The topological polar surface area (TPSA) is 115 Å². The van der Waals surface area contributed by atoms with Gasteiger partial charge in [-0.05, 0) is 31.7 Å². The van der Waals surface area contributed by atoms with Crippen LogP contribution in [0.5, 0.6) is 0 Å². The van der Waals surface area contributed by atoms with Crippen LogP contribution in [0.25, 0.3) is 0 Å². The molecule has 3 N–H and O–H groups in total. The fourth-order valence-corrected chi connectivity index (χ4v) is 4.22. The Morgan fingerprint density at radius 2 is 1.70 bits per heavy atom. The number of carboxylic acid groups (broad SMARTS) is 2. The third kappa shape index (κ3) is 7.88. The van der Waals surface area contributed by atoms with Crippen LogP contribution in [0, 0.1) is 11.6 Å². The summed E-state index contributed by atoms with van der Waals surface area (Å²) in [6.45, 7) is 2.24. The van der Waals surface area contributed by atoms with Crippen LogP contribution in [0.1, 0.15) is 30.4 Å². The number of nitrogens with one attached hydrogen (secondary N) is 1. The van der Waals surface area contributed by atoms with Gasteiger partial charge in [0.1, 0.15) is 5.84 Å². The van der Waals surface area contributed by atoms with E-state index in [1.165, 1.54) is 6.07 Å². The largest absolute Gasteiger partial charge is 0.481 e. The molecule has 14 heteroatoms. The van der Waals surface area contributed by atoms with Gasteiger partial charge in [0.15, 0.2) is 11.6 Å². The highest BCUT2D eigenvalue weighted by atomic mass is 19.4. The van der Waals surface area contributed by atoms with Crippen LogP contribution in [0.3, 0.4) is 0 Å². The predicted molar refractivity (Wildman–Crippen MR) is 136 cm³/mol. The van der Waals surface area contributed by atoms with Crippen LogP contribution < -0.4 is 5.32 Å². The quantitative estimate of drug-likeness (QED) is 0.427. The number of methoxy groups -OCH3 is 1. The van der Waals surface area contributed by atoms with Crippen LogP contribution in [-0.2, 0) is 20.5 Å². The smallest absolute Gasteiger partial charge is 0.416 e. The average molecular weight is 573 g/mol. The molecule has 0 aliphatic carbocycles. The molecule has 2 heterocycles. The van der Waals surface area contributed by atoms with Gasteiger partial charge in [0.25, 0.3) is 0 Å². The summed E-state index contributed by atoms with van der Waals surface area (Å²) in [5.41, 5.74) is 0.0564. The van der Waals surface area contributed by atoms with Crippen molar-refractivity contribution in [3.05, 3.63) is 53.1 Å². The highest BCUT2D eigenvalue weighted by Gasteiger charge is 2.34. The van der Waals surface area contributed by atoms with E-state index in [-0.39, 0.29) is 35.8 Å².